The third-order valence-corrected chi connectivity index (χ3v) is 3.34. The summed E-state index contributed by atoms with van der Waals surface area (Å²) in [6, 6.07) is 5.92. The zero-order valence-electron chi connectivity index (χ0n) is 9.22. The molecule has 4 heteroatoms. The lowest BCUT2D eigenvalue weighted by molar-refractivity contribution is 0.0975. The van der Waals surface area contributed by atoms with Crippen LogP contribution < -0.4 is 0 Å². The second kappa shape index (κ2) is 5.07. The zero-order valence-corrected chi connectivity index (χ0v) is 10.0. The summed E-state index contributed by atoms with van der Waals surface area (Å²) in [6.45, 7) is 0. The summed E-state index contributed by atoms with van der Waals surface area (Å²) in [5, 5.41) is 6.16. The normalized spacial score (nSPS) is 10.6. The van der Waals surface area contributed by atoms with Gasteiger partial charge in [-0.05, 0) is 30.4 Å². The number of carbonyl (C=O) groups is 1. The highest BCUT2D eigenvalue weighted by Gasteiger charge is 2.08. The van der Waals surface area contributed by atoms with Gasteiger partial charge in [0, 0.05) is 24.5 Å². The predicted molar refractivity (Wildman–Crippen MR) is 64.8 cm³/mol. The molecule has 0 aliphatic rings. The fourth-order valence-electron chi connectivity index (χ4n) is 1.57. The third-order valence-electron chi connectivity index (χ3n) is 2.41. The quantitative estimate of drug-likeness (QED) is 0.745. The second-order valence-electron chi connectivity index (χ2n) is 3.73. The first kappa shape index (κ1) is 11.1. The van der Waals surface area contributed by atoms with Gasteiger partial charge in [0.15, 0.2) is 5.78 Å². The summed E-state index contributed by atoms with van der Waals surface area (Å²) in [4.78, 5) is 13.1. The first-order valence-corrected chi connectivity index (χ1v) is 6.19. The Kier molecular flexibility index (Phi) is 3.51. The average Bonchev–Trinajstić information content (AvgIpc) is 2.89. The molecule has 0 atom stereocenters. The number of Topliss-reactive ketones (excluding diaryl/α,β-unsaturated/α-hetero) is 1. The zero-order chi connectivity index (χ0) is 11.4. The average molecular weight is 234 g/mol. The number of ketones is 1. The van der Waals surface area contributed by atoms with Gasteiger partial charge in [-0.25, -0.2) is 0 Å². The van der Waals surface area contributed by atoms with Gasteiger partial charge >= 0.3 is 0 Å². The second-order valence-corrected chi connectivity index (χ2v) is 4.76. The van der Waals surface area contributed by atoms with Crippen molar-refractivity contribution in [1.82, 2.24) is 9.78 Å². The topological polar surface area (TPSA) is 34.9 Å². The number of hydrogen-bond acceptors (Lipinski definition) is 3. The van der Waals surface area contributed by atoms with Crippen molar-refractivity contribution in [3.63, 3.8) is 0 Å². The van der Waals surface area contributed by atoms with Gasteiger partial charge in [-0.1, -0.05) is 6.07 Å². The van der Waals surface area contributed by atoms with E-state index in [0.717, 1.165) is 12.8 Å². The van der Waals surface area contributed by atoms with E-state index in [9.17, 15) is 4.79 Å². The van der Waals surface area contributed by atoms with Crippen molar-refractivity contribution in [3.05, 3.63) is 40.3 Å². The largest absolute Gasteiger partial charge is 0.292 e. The number of rotatable bonds is 5. The van der Waals surface area contributed by atoms with Crippen LogP contribution in [-0.4, -0.2) is 15.6 Å². The van der Waals surface area contributed by atoms with Crippen LogP contribution in [0.1, 0.15) is 28.2 Å². The van der Waals surface area contributed by atoms with Crippen LogP contribution in [0, 0.1) is 0 Å². The summed E-state index contributed by atoms with van der Waals surface area (Å²) >= 11 is 1.74. The summed E-state index contributed by atoms with van der Waals surface area (Å²) < 4.78 is 1.66. The fourth-order valence-corrected chi connectivity index (χ4v) is 2.32. The third kappa shape index (κ3) is 2.79. The Balaban J connectivity index is 1.80. The first-order valence-electron chi connectivity index (χ1n) is 5.31. The summed E-state index contributed by atoms with van der Waals surface area (Å²) in [5.74, 6) is 0.136. The van der Waals surface area contributed by atoms with Crippen LogP contribution in [0.3, 0.4) is 0 Å². The molecule has 0 N–H and O–H groups in total. The minimum Gasteiger partial charge on any atom is -0.292 e. The van der Waals surface area contributed by atoms with Gasteiger partial charge < -0.3 is 0 Å². The Morgan fingerprint density at radius 2 is 2.38 bits per heavy atom. The number of thiophene rings is 1. The molecule has 2 rings (SSSR count). The van der Waals surface area contributed by atoms with Gasteiger partial charge in [-0.15, -0.1) is 11.3 Å². The standard InChI is InChI=1S/C12H14N2OS/c1-14-8-7-11(13-14)12(15)6-2-4-10-5-3-9-16-10/h3,5,7-9H,2,4,6H2,1H3. The van der Waals surface area contributed by atoms with Crippen LogP contribution in [0.5, 0.6) is 0 Å². The van der Waals surface area contributed by atoms with Gasteiger partial charge in [-0.2, -0.15) is 5.10 Å². The molecule has 16 heavy (non-hydrogen) atoms. The fraction of sp³-hybridized carbons (Fsp3) is 0.333. The molecule has 84 valence electrons. The minimum atomic E-state index is 0.136. The molecule has 0 fully saturated rings. The van der Waals surface area contributed by atoms with E-state index in [-0.39, 0.29) is 5.78 Å². The highest BCUT2D eigenvalue weighted by atomic mass is 32.1. The predicted octanol–water partition coefficient (Wildman–Crippen LogP) is 2.69. The van der Waals surface area contributed by atoms with Crippen LogP contribution in [0.4, 0.5) is 0 Å². The van der Waals surface area contributed by atoms with E-state index < -0.39 is 0 Å². The maximum atomic E-state index is 11.7. The molecule has 0 spiro atoms. The molecule has 0 saturated heterocycles. The molecule has 2 aromatic rings. The van der Waals surface area contributed by atoms with Crippen LogP contribution in [-0.2, 0) is 13.5 Å². The van der Waals surface area contributed by atoms with Crippen LogP contribution in [0.25, 0.3) is 0 Å². The summed E-state index contributed by atoms with van der Waals surface area (Å²) in [7, 11) is 1.82. The molecule has 0 aliphatic carbocycles. The maximum Gasteiger partial charge on any atom is 0.183 e. The molecule has 2 heterocycles. The molecule has 3 nitrogen and oxygen atoms in total. The molecule has 0 saturated carbocycles. The minimum absolute atomic E-state index is 0.136. The van der Waals surface area contributed by atoms with E-state index in [0.29, 0.717) is 12.1 Å². The van der Waals surface area contributed by atoms with Crippen molar-refractivity contribution >= 4 is 17.1 Å². The van der Waals surface area contributed by atoms with Crippen LogP contribution >= 0.6 is 11.3 Å². The number of hydrogen-bond donors (Lipinski definition) is 0. The van der Waals surface area contributed by atoms with E-state index in [1.165, 1.54) is 4.88 Å². The van der Waals surface area contributed by atoms with Gasteiger partial charge in [0.2, 0.25) is 0 Å². The monoisotopic (exact) mass is 234 g/mol. The van der Waals surface area contributed by atoms with Crippen molar-refractivity contribution in [2.45, 2.75) is 19.3 Å². The lowest BCUT2D eigenvalue weighted by Gasteiger charge is -1.96. The van der Waals surface area contributed by atoms with Gasteiger partial charge in [0.05, 0.1) is 0 Å². The van der Waals surface area contributed by atoms with Gasteiger partial charge in [-0.3, -0.25) is 9.48 Å². The molecule has 0 unspecified atom stereocenters. The van der Waals surface area contributed by atoms with Gasteiger partial charge in [0.25, 0.3) is 0 Å². The Labute approximate surface area is 98.7 Å². The lowest BCUT2D eigenvalue weighted by Crippen LogP contribution is -2.01. The Hall–Kier alpha value is -1.42. The number of nitrogens with zero attached hydrogens (tertiary/aromatic N) is 2. The van der Waals surface area contributed by atoms with E-state index in [1.807, 2.05) is 13.1 Å². The Morgan fingerprint density at radius 1 is 1.50 bits per heavy atom. The summed E-state index contributed by atoms with van der Waals surface area (Å²) in [6.07, 6.45) is 4.26. The molecule has 0 aliphatic heterocycles. The van der Waals surface area contributed by atoms with E-state index in [4.69, 9.17) is 0 Å². The molecule has 0 aromatic carbocycles. The SMILES string of the molecule is Cn1ccc(C(=O)CCCc2cccs2)n1. The molecular weight excluding hydrogens is 220 g/mol. The molecule has 0 amide bonds. The van der Waals surface area contributed by atoms with Crippen molar-refractivity contribution in [2.75, 3.05) is 0 Å². The van der Waals surface area contributed by atoms with Crippen molar-refractivity contribution < 1.29 is 4.79 Å². The summed E-state index contributed by atoms with van der Waals surface area (Å²) in [5.41, 5.74) is 0.577. The highest BCUT2D eigenvalue weighted by Crippen LogP contribution is 2.13. The number of aromatic nitrogens is 2. The van der Waals surface area contributed by atoms with E-state index in [1.54, 1.807) is 28.3 Å². The smallest absolute Gasteiger partial charge is 0.183 e. The van der Waals surface area contributed by atoms with Gasteiger partial charge in [0.1, 0.15) is 5.69 Å². The Bertz CT molecular complexity index is 459. The molecular formula is C12H14N2OS. The van der Waals surface area contributed by atoms with Crippen molar-refractivity contribution in [1.29, 1.82) is 0 Å². The molecule has 2 aromatic heterocycles. The highest BCUT2D eigenvalue weighted by molar-refractivity contribution is 7.09. The lowest BCUT2D eigenvalue weighted by atomic mass is 10.1. The van der Waals surface area contributed by atoms with Crippen molar-refractivity contribution in [2.24, 2.45) is 7.05 Å². The number of aryl methyl sites for hydroxylation is 2. The molecule has 0 bridgehead atoms. The molecule has 0 radical (unpaired) electrons. The Morgan fingerprint density at radius 3 is 3.00 bits per heavy atom. The number of carbonyl (C=O) groups excluding carboxylic acids is 1. The van der Waals surface area contributed by atoms with Crippen molar-refractivity contribution in [3.8, 4) is 0 Å². The van der Waals surface area contributed by atoms with Crippen LogP contribution in [0.2, 0.25) is 0 Å². The van der Waals surface area contributed by atoms with E-state index in [2.05, 4.69) is 16.5 Å². The van der Waals surface area contributed by atoms with Crippen LogP contribution in [0.15, 0.2) is 29.8 Å². The maximum absolute atomic E-state index is 11.7. The first-order chi connectivity index (χ1) is 7.75. The van der Waals surface area contributed by atoms with E-state index >= 15 is 0 Å².